The number of carbonyl (C=O) groups excluding carboxylic acids is 1. The van der Waals surface area contributed by atoms with E-state index in [0.717, 1.165) is 5.56 Å². The Kier molecular flexibility index (Phi) is 4.39. The van der Waals surface area contributed by atoms with Gasteiger partial charge in [-0.15, -0.1) is 0 Å². The van der Waals surface area contributed by atoms with Crippen LogP contribution in [0.15, 0.2) is 18.2 Å². The van der Waals surface area contributed by atoms with Gasteiger partial charge in [0.2, 0.25) is 5.91 Å². The predicted molar refractivity (Wildman–Crippen MR) is 73.3 cm³/mol. The molecule has 0 radical (unpaired) electrons. The van der Waals surface area contributed by atoms with Gasteiger partial charge in [0.05, 0.1) is 18.9 Å². The maximum Gasteiger partial charge on any atom is 0.221 e. The molecule has 1 aromatic rings. The van der Waals surface area contributed by atoms with Crippen molar-refractivity contribution in [3.8, 4) is 5.75 Å². The zero-order valence-electron chi connectivity index (χ0n) is 11.3. The first-order valence-electron chi connectivity index (χ1n) is 6.47. The lowest BCUT2D eigenvalue weighted by Crippen LogP contribution is -2.23. The van der Waals surface area contributed by atoms with Gasteiger partial charge in [0.1, 0.15) is 5.75 Å². The Bertz CT molecular complexity index is 458. The molecule has 0 bridgehead atoms. The lowest BCUT2D eigenvalue weighted by atomic mass is 10.1. The van der Waals surface area contributed by atoms with Crippen LogP contribution in [0.2, 0.25) is 0 Å². The van der Waals surface area contributed by atoms with Crippen LogP contribution in [0.1, 0.15) is 31.4 Å². The normalized spacial score (nSPS) is 15.9. The minimum atomic E-state index is -0.584. The van der Waals surface area contributed by atoms with Crippen LogP contribution in [0.4, 0.5) is 5.69 Å². The molecule has 1 aliphatic carbocycles. The third kappa shape index (κ3) is 3.94. The molecule has 1 aromatic carbocycles. The number of hydrogen-bond acceptors (Lipinski definition) is 4. The van der Waals surface area contributed by atoms with E-state index in [2.05, 4.69) is 10.6 Å². The average Bonchev–Trinajstić information content (AvgIpc) is 3.19. The number of carbonyl (C=O) groups is 1. The van der Waals surface area contributed by atoms with E-state index < -0.39 is 6.10 Å². The van der Waals surface area contributed by atoms with Gasteiger partial charge in [-0.3, -0.25) is 4.79 Å². The summed E-state index contributed by atoms with van der Waals surface area (Å²) in [6.45, 7) is 1.97. The number of amides is 1. The Morgan fingerprint density at radius 2 is 2.26 bits per heavy atom. The van der Waals surface area contributed by atoms with E-state index in [1.165, 1.54) is 19.8 Å². The highest BCUT2D eigenvalue weighted by atomic mass is 16.5. The Morgan fingerprint density at radius 1 is 1.53 bits per heavy atom. The van der Waals surface area contributed by atoms with Crippen molar-refractivity contribution in [3.05, 3.63) is 23.8 Å². The molecule has 0 saturated heterocycles. The molecule has 0 heterocycles. The smallest absolute Gasteiger partial charge is 0.221 e. The molecule has 1 aliphatic rings. The van der Waals surface area contributed by atoms with Crippen LogP contribution >= 0.6 is 0 Å². The Balaban J connectivity index is 2.08. The second kappa shape index (κ2) is 6.04. The molecule has 104 valence electrons. The fourth-order valence-corrected chi connectivity index (χ4v) is 1.90. The fourth-order valence-electron chi connectivity index (χ4n) is 1.90. The highest BCUT2D eigenvalue weighted by Gasteiger charge is 2.22. The summed E-state index contributed by atoms with van der Waals surface area (Å²) in [6.07, 6.45) is 1.79. The van der Waals surface area contributed by atoms with Crippen LogP contribution < -0.4 is 15.4 Å². The summed E-state index contributed by atoms with van der Waals surface area (Å²) >= 11 is 0. The molecule has 0 aromatic heterocycles. The number of ether oxygens (including phenoxy) is 1. The summed E-state index contributed by atoms with van der Waals surface area (Å²) < 4.78 is 5.18. The molecule has 1 amide bonds. The molecule has 1 unspecified atom stereocenters. The standard InChI is InChI=1S/C14H20N2O3/c1-9(17)16-12-7-10(3-6-14(12)19-2)13(18)8-15-11-4-5-11/h3,6-7,11,13,15,18H,4-5,8H2,1-2H3,(H,16,17). The lowest BCUT2D eigenvalue weighted by Gasteiger charge is -2.15. The summed E-state index contributed by atoms with van der Waals surface area (Å²) in [6, 6.07) is 5.87. The van der Waals surface area contributed by atoms with Crippen molar-refractivity contribution < 1.29 is 14.6 Å². The fraction of sp³-hybridized carbons (Fsp3) is 0.500. The van der Waals surface area contributed by atoms with Gasteiger partial charge in [-0.1, -0.05) is 6.07 Å². The number of methoxy groups -OCH3 is 1. The van der Waals surface area contributed by atoms with Crippen molar-refractivity contribution in [3.63, 3.8) is 0 Å². The molecular weight excluding hydrogens is 244 g/mol. The lowest BCUT2D eigenvalue weighted by molar-refractivity contribution is -0.114. The Hall–Kier alpha value is -1.59. The minimum absolute atomic E-state index is 0.166. The number of benzene rings is 1. The largest absolute Gasteiger partial charge is 0.495 e. The number of rotatable bonds is 6. The van der Waals surface area contributed by atoms with E-state index in [-0.39, 0.29) is 5.91 Å². The average molecular weight is 264 g/mol. The van der Waals surface area contributed by atoms with Crippen LogP contribution in [0.3, 0.4) is 0 Å². The highest BCUT2D eigenvalue weighted by Crippen LogP contribution is 2.28. The van der Waals surface area contributed by atoms with Gasteiger partial charge >= 0.3 is 0 Å². The first-order chi connectivity index (χ1) is 9.10. The molecule has 1 saturated carbocycles. The van der Waals surface area contributed by atoms with Gasteiger partial charge in [-0.2, -0.15) is 0 Å². The predicted octanol–water partition coefficient (Wildman–Crippen LogP) is 1.44. The van der Waals surface area contributed by atoms with Gasteiger partial charge in [-0.05, 0) is 30.5 Å². The second-order valence-corrected chi connectivity index (χ2v) is 4.84. The van der Waals surface area contributed by atoms with E-state index in [4.69, 9.17) is 4.74 Å². The first kappa shape index (κ1) is 13.8. The SMILES string of the molecule is COc1ccc(C(O)CNC2CC2)cc1NC(C)=O. The van der Waals surface area contributed by atoms with Crippen LogP contribution in [0.5, 0.6) is 5.75 Å². The zero-order chi connectivity index (χ0) is 13.8. The third-order valence-electron chi connectivity index (χ3n) is 3.10. The van der Waals surface area contributed by atoms with Crippen molar-refractivity contribution in [1.29, 1.82) is 0 Å². The topological polar surface area (TPSA) is 70.6 Å². The van der Waals surface area contributed by atoms with E-state index in [9.17, 15) is 9.90 Å². The third-order valence-corrected chi connectivity index (χ3v) is 3.10. The van der Waals surface area contributed by atoms with E-state index in [1.807, 2.05) is 6.07 Å². The molecule has 0 aliphatic heterocycles. The number of hydrogen-bond donors (Lipinski definition) is 3. The van der Waals surface area contributed by atoms with Crippen LogP contribution in [0, 0.1) is 0 Å². The van der Waals surface area contributed by atoms with Crippen LogP contribution in [-0.2, 0) is 4.79 Å². The molecule has 3 N–H and O–H groups in total. The van der Waals surface area contributed by atoms with E-state index in [1.54, 1.807) is 19.2 Å². The van der Waals surface area contributed by atoms with Crippen LogP contribution in [0.25, 0.3) is 0 Å². The second-order valence-electron chi connectivity index (χ2n) is 4.84. The molecule has 2 rings (SSSR count). The number of anilines is 1. The first-order valence-corrected chi connectivity index (χ1v) is 6.47. The molecule has 5 nitrogen and oxygen atoms in total. The Morgan fingerprint density at radius 3 is 2.84 bits per heavy atom. The summed E-state index contributed by atoms with van der Waals surface area (Å²) in [5, 5.41) is 16.1. The minimum Gasteiger partial charge on any atom is -0.495 e. The van der Waals surface area contributed by atoms with Gasteiger partial charge in [-0.25, -0.2) is 0 Å². The van der Waals surface area contributed by atoms with Crippen molar-refractivity contribution in [2.24, 2.45) is 0 Å². The van der Waals surface area contributed by atoms with Gasteiger partial charge in [0.25, 0.3) is 0 Å². The van der Waals surface area contributed by atoms with Gasteiger partial charge in [0, 0.05) is 19.5 Å². The van der Waals surface area contributed by atoms with Crippen molar-refractivity contribution in [2.45, 2.75) is 31.9 Å². The number of aliphatic hydroxyl groups excluding tert-OH is 1. The summed E-state index contributed by atoms with van der Waals surface area (Å²) in [7, 11) is 1.55. The van der Waals surface area contributed by atoms with Crippen molar-refractivity contribution in [1.82, 2.24) is 5.32 Å². The molecule has 1 atom stereocenters. The molecule has 5 heteroatoms. The maximum absolute atomic E-state index is 11.1. The van der Waals surface area contributed by atoms with E-state index in [0.29, 0.717) is 24.0 Å². The van der Waals surface area contributed by atoms with Crippen LogP contribution in [-0.4, -0.2) is 30.7 Å². The molecule has 0 spiro atoms. The highest BCUT2D eigenvalue weighted by molar-refractivity contribution is 5.90. The molecule has 19 heavy (non-hydrogen) atoms. The maximum atomic E-state index is 11.1. The summed E-state index contributed by atoms with van der Waals surface area (Å²) in [4.78, 5) is 11.1. The molecular formula is C14H20N2O3. The monoisotopic (exact) mass is 264 g/mol. The zero-order valence-corrected chi connectivity index (χ0v) is 11.3. The van der Waals surface area contributed by atoms with Gasteiger partial charge < -0.3 is 20.5 Å². The number of nitrogens with one attached hydrogen (secondary N) is 2. The Labute approximate surface area is 113 Å². The summed E-state index contributed by atoms with van der Waals surface area (Å²) in [5.74, 6) is 0.419. The van der Waals surface area contributed by atoms with Gasteiger partial charge in [0.15, 0.2) is 0 Å². The summed E-state index contributed by atoms with van der Waals surface area (Å²) in [5.41, 5.74) is 1.34. The van der Waals surface area contributed by atoms with E-state index >= 15 is 0 Å². The quantitative estimate of drug-likeness (QED) is 0.727. The van der Waals surface area contributed by atoms with Crippen molar-refractivity contribution >= 4 is 11.6 Å². The number of aliphatic hydroxyl groups is 1. The van der Waals surface area contributed by atoms with Crippen molar-refractivity contribution in [2.75, 3.05) is 19.0 Å². The molecule has 1 fully saturated rings.